The highest BCUT2D eigenvalue weighted by Gasteiger charge is 2.13. The third kappa shape index (κ3) is 10.4. The molecule has 1 aromatic carbocycles. The molecule has 1 amide bonds. The van der Waals surface area contributed by atoms with Crippen LogP contribution in [0.2, 0.25) is 0 Å². The predicted octanol–water partition coefficient (Wildman–Crippen LogP) is 3.37. The van der Waals surface area contributed by atoms with Crippen LogP contribution in [0.1, 0.15) is 34.1 Å². The molecule has 0 aliphatic carbocycles. The second-order valence-electron chi connectivity index (χ2n) is 6.69. The van der Waals surface area contributed by atoms with Crippen molar-refractivity contribution in [3.63, 3.8) is 0 Å². The first-order chi connectivity index (χ1) is 14.2. The zero-order valence-corrected chi connectivity index (χ0v) is 18.1. The fourth-order valence-corrected chi connectivity index (χ4v) is 2.21. The van der Waals surface area contributed by atoms with Crippen LogP contribution in [0.5, 0.6) is 0 Å². The van der Waals surface area contributed by atoms with Crippen molar-refractivity contribution in [3.05, 3.63) is 65.1 Å². The number of allylic oxidation sites excluding steroid dienone is 4. The lowest BCUT2D eigenvalue weighted by Gasteiger charge is -2.18. The van der Waals surface area contributed by atoms with E-state index >= 15 is 0 Å². The zero-order chi connectivity index (χ0) is 23.1. The quantitative estimate of drug-likeness (QED) is 0.225. The molecule has 166 valence electrons. The molecule has 0 radical (unpaired) electrons. The van der Waals surface area contributed by atoms with Gasteiger partial charge in [-0.2, -0.15) is 0 Å². The number of anilines is 1. The van der Waals surface area contributed by atoms with E-state index in [9.17, 15) is 14.3 Å². The molecule has 1 aromatic rings. The Labute approximate surface area is 177 Å². The number of hydrogen-bond donors (Lipinski definition) is 5. The molecular formula is C22H32FN3O4. The molecule has 0 saturated carbocycles. The Balaban J connectivity index is 0.00000192. The number of benzene rings is 1. The molecule has 7 nitrogen and oxygen atoms in total. The predicted molar refractivity (Wildman–Crippen MR) is 117 cm³/mol. The Morgan fingerprint density at radius 1 is 1.23 bits per heavy atom. The van der Waals surface area contributed by atoms with E-state index in [-0.39, 0.29) is 17.3 Å². The van der Waals surface area contributed by atoms with Crippen molar-refractivity contribution in [1.29, 1.82) is 0 Å². The second-order valence-corrected chi connectivity index (χ2v) is 6.69. The highest BCUT2D eigenvalue weighted by atomic mass is 19.1. The molecule has 2 unspecified atom stereocenters. The van der Waals surface area contributed by atoms with Crippen LogP contribution in [0.4, 0.5) is 10.1 Å². The van der Waals surface area contributed by atoms with Gasteiger partial charge in [0.1, 0.15) is 11.5 Å². The SMILES string of the molecule is C/C(=C\CC(C)/C(C)=C/O)N/C(C=O)=C(\Nc1cccc(F)c1)C(C)O.CNC=O. The molecular weight excluding hydrogens is 389 g/mol. The maximum absolute atomic E-state index is 13.3. The molecule has 0 aliphatic rings. The van der Waals surface area contributed by atoms with Crippen LogP contribution in [0.15, 0.2) is 59.3 Å². The van der Waals surface area contributed by atoms with Gasteiger partial charge in [0.05, 0.1) is 18.1 Å². The maximum atomic E-state index is 13.3. The monoisotopic (exact) mass is 421 g/mol. The number of hydrogen-bond acceptors (Lipinski definition) is 6. The van der Waals surface area contributed by atoms with E-state index in [2.05, 4.69) is 16.0 Å². The normalized spacial score (nSPS) is 14.4. The minimum atomic E-state index is -0.961. The van der Waals surface area contributed by atoms with Gasteiger partial charge in [-0.1, -0.05) is 19.1 Å². The molecule has 0 aliphatic heterocycles. The highest BCUT2D eigenvalue weighted by Crippen LogP contribution is 2.17. The van der Waals surface area contributed by atoms with E-state index in [1.165, 1.54) is 25.1 Å². The summed E-state index contributed by atoms with van der Waals surface area (Å²) >= 11 is 0. The van der Waals surface area contributed by atoms with Crippen LogP contribution in [0.3, 0.4) is 0 Å². The minimum absolute atomic E-state index is 0.155. The maximum Gasteiger partial charge on any atom is 0.206 e. The summed E-state index contributed by atoms with van der Waals surface area (Å²) in [5, 5.41) is 27.2. The average Bonchev–Trinajstić information content (AvgIpc) is 2.73. The summed E-state index contributed by atoms with van der Waals surface area (Å²) in [6.07, 6.45) is 3.94. The molecule has 2 atom stereocenters. The van der Waals surface area contributed by atoms with Crippen molar-refractivity contribution in [1.82, 2.24) is 10.6 Å². The number of halogens is 1. The van der Waals surface area contributed by atoms with Gasteiger partial charge < -0.3 is 26.2 Å². The Kier molecular flexibility index (Phi) is 13.3. The van der Waals surface area contributed by atoms with Crippen LogP contribution < -0.4 is 16.0 Å². The van der Waals surface area contributed by atoms with Crippen LogP contribution >= 0.6 is 0 Å². The Morgan fingerprint density at radius 2 is 1.87 bits per heavy atom. The van der Waals surface area contributed by atoms with E-state index < -0.39 is 11.9 Å². The third-order valence-corrected chi connectivity index (χ3v) is 4.14. The average molecular weight is 422 g/mol. The van der Waals surface area contributed by atoms with Crippen LogP contribution in [0, 0.1) is 11.7 Å². The van der Waals surface area contributed by atoms with E-state index in [1.807, 2.05) is 19.9 Å². The first-order valence-corrected chi connectivity index (χ1v) is 9.45. The fourth-order valence-electron chi connectivity index (χ4n) is 2.21. The summed E-state index contributed by atoms with van der Waals surface area (Å²) in [4.78, 5) is 20.6. The summed E-state index contributed by atoms with van der Waals surface area (Å²) in [6.45, 7) is 7.14. The first kappa shape index (κ1) is 26.9. The number of aldehydes is 1. The van der Waals surface area contributed by atoms with Crippen molar-refractivity contribution in [2.24, 2.45) is 5.92 Å². The van der Waals surface area contributed by atoms with Crippen LogP contribution in [0.25, 0.3) is 0 Å². The van der Waals surface area contributed by atoms with Gasteiger partial charge in [-0.25, -0.2) is 4.39 Å². The van der Waals surface area contributed by atoms with Gasteiger partial charge >= 0.3 is 0 Å². The van der Waals surface area contributed by atoms with Gasteiger partial charge in [-0.05, 0) is 56.9 Å². The zero-order valence-electron chi connectivity index (χ0n) is 18.1. The van der Waals surface area contributed by atoms with E-state index in [4.69, 9.17) is 9.90 Å². The minimum Gasteiger partial charge on any atom is -0.516 e. The van der Waals surface area contributed by atoms with Gasteiger partial charge in [-0.15, -0.1) is 0 Å². The molecule has 30 heavy (non-hydrogen) atoms. The lowest BCUT2D eigenvalue weighted by Crippen LogP contribution is -2.24. The molecule has 8 heteroatoms. The lowest BCUT2D eigenvalue weighted by molar-refractivity contribution is -0.109. The second kappa shape index (κ2) is 14.8. The molecule has 0 spiro atoms. The number of amides is 1. The van der Waals surface area contributed by atoms with Crippen molar-refractivity contribution in [2.75, 3.05) is 12.4 Å². The Bertz CT molecular complexity index is 773. The van der Waals surface area contributed by atoms with Gasteiger partial charge in [-0.3, -0.25) is 9.59 Å². The summed E-state index contributed by atoms with van der Waals surface area (Å²) in [5.41, 5.74) is 2.43. The fraction of sp³-hybridized carbons (Fsp3) is 0.364. The molecule has 0 bridgehead atoms. The van der Waals surface area contributed by atoms with Gasteiger partial charge in [0, 0.05) is 18.4 Å². The van der Waals surface area contributed by atoms with Crippen LogP contribution in [-0.2, 0) is 9.59 Å². The van der Waals surface area contributed by atoms with Crippen LogP contribution in [-0.4, -0.2) is 36.1 Å². The van der Waals surface area contributed by atoms with Gasteiger partial charge in [0.15, 0.2) is 6.29 Å². The number of aliphatic hydroxyl groups excluding tert-OH is 2. The van der Waals surface area contributed by atoms with Gasteiger partial charge in [0.2, 0.25) is 6.41 Å². The van der Waals surface area contributed by atoms with E-state index in [0.717, 1.165) is 17.5 Å². The molecule has 5 N–H and O–H groups in total. The molecule has 0 heterocycles. The largest absolute Gasteiger partial charge is 0.516 e. The molecule has 0 saturated heterocycles. The molecule has 0 fully saturated rings. The van der Waals surface area contributed by atoms with E-state index in [0.29, 0.717) is 24.8 Å². The van der Waals surface area contributed by atoms with Crippen molar-refractivity contribution in [3.8, 4) is 0 Å². The topological polar surface area (TPSA) is 111 Å². The Hall–Kier alpha value is -3.13. The standard InChI is InChI=1S/C20H27FN2O3.C2H5NO/c1-13(14(2)11-24)8-9-15(3)22-19(12-25)20(16(4)26)23-18-7-5-6-17(21)10-18;1-3-2-4/h5-7,9-13,16,22-24,26H,8H2,1-4H3;2H,1H3,(H,3,4)/b14-11+,15-9+,20-19-;. The lowest BCUT2D eigenvalue weighted by atomic mass is 10.00. The number of aliphatic hydroxyl groups is 2. The summed E-state index contributed by atoms with van der Waals surface area (Å²) in [7, 11) is 1.56. The summed E-state index contributed by atoms with van der Waals surface area (Å²) in [5.74, 6) is -0.264. The van der Waals surface area contributed by atoms with Crippen molar-refractivity contribution in [2.45, 2.75) is 40.2 Å². The molecule has 0 aromatic heterocycles. The number of rotatable bonds is 10. The van der Waals surface area contributed by atoms with Gasteiger partial charge in [0.25, 0.3) is 0 Å². The Morgan fingerprint density at radius 3 is 2.33 bits per heavy atom. The highest BCUT2D eigenvalue weighted by molar-refractivity contribution is 5.76. The molecule has 1 rings (SSSR count). The summed E-state index contributed by atoms with van der Waals surface area (Å²) in [6, 6.07) is 5.77. The first-order valence-electron chi connectivity index (χ1n) is 9.45. The number of carbonyl (C=O) groups excluding carboxylic acids is 2. The number of carbonyl (C=O) groups is 2. The van der Waals surface area contributed by atoms with E-state index in [1.54, 1.807) is 20.0 Å². The smallest absolute Gasteiger partial charge is 0.206 e. The van der Waals surface area contributed by atoms with Crippen molar-refractivity contribution < 1.29 is 24.2 Å². The van der Waals surface area contributed by atoms with Crippen molar-refractivity contribution >= 4 is 18.4 Å². The number of nitrogens with one attached hydrogen (secondary N) is 3. The third-order valence-electron chi connectivity index (χ3n) is 4.14. The summed E-state index contributed by atoms with van der Waals surface area (Å²) < 4.78 is 13.3.